The van der Waals surface area contributed by atoms with E-state index in [2.05, 4.69) is 15.2 Å². The molecule has 0 fully saturated rings. The zero-order valence-corrected chi connectivity index (χ0v) is 7.66. The second-order valence-corrected chi connectivity index (χ2v) is 3.36. The highest BCUT2D eigenvalue weighted by atomic mass is 32.1. The van der Waals surface area contributed by atoms with Gasteiger partial charge in [0.15, 0.2) is 0 Å². The van der Waals surface area contributed by atoms with Gasteiger partial charge in [-0.15, -0.1) is 11.3 Å². The Labute approximate surface area is 79.5 Å². The van der Waals surface area contributed by atoms with Crippen molar-refractivity contribution in [2.75, 3.05) is 0 Å². The van der Waals surface area contributed by atoms with Gasteiger partial charge in [-0.3, -0.25) is 0 Å². The van der Waals surface area contributed by atoms with Crippen LogP contribution in [0.2, 0.25) is 0 Å². The van der Waals surface area contributed by atoms with Crippen LogP contribution in [-0.4, -0.2) is 15.2 Å². The van der Waals surface area contributed by atoms with Gasteiger partial charge in [-0.05, 0) is 5.56 Å². The molecule has 2 aromatic heterocycles. The van der Waals surface area contributed by atoms with Crippen LogP contribution in [0.15, 0.2) is 24.0 Å². The average Bonchev–Trinajstić information content (AvgIpc) is 2.70. The number of hydrogen-bond acceptors (Lipinski definition) is 5. The molecule has 0 aliphatic carbocycles. The summed E-state index contributed by atoms with van der Waals surface area (Å²) in [5.74, 6) is 0. The van der Waals surface area contributed by atoms with E-state index in [1.807, 2.05) is 5.38 Å². The summed E-state index contributed by atoms with van der Waals surface area (Å²) in [6.45, 7) is 0.463. The number of aromatic nitrogens is 3. The van der Waals surface area contributed by atoms with Crippen molar-refractivity contribution in [3.05, 3.63) is 29.5 Å². The first-order chi connectivity index (χ1) is 6.42. The van der Waals surface area contributed by atoms with Crippen LogP contribution in [-0.2, 0) is 6.54 Å². The molecule has 66 valence electrons. The molecule has 0 atom stereocenters. The fourth-order valence-corrected chi connectivity index (χ4v) is 1.74. The third-order valence-electron chi connectivity index (χ3n) is 1.70. The van der Waals surface area contributed by atoms with Crippen molar-refractivity contribution in [1.29, 1.82) is 0 Å². The van der Waals surface area contributed by atoms with Crippen molar-refractivity contribution in [2.24, 2.45) is 5.73 Å². The van der Waals surface area contributed by atoms with E-state index >= 15 is 0 Å². The molecule has 13 heavy (non-hydrogen) atoms. The summed E-state index contributed by atoms with van der Waals surface area (Å²) in [7, 11) is 0. The molecule has 0 saturated heterocycles. The standard InChI is InChI=1S/C8H8N4S/c9-3-6-4-11-12-5-7(6)8-10-1-2-13-8/h1-2,4-5H,3,9H2. The zero-order chi connectivity index (χ0) is 9.10. The molecule has 0 aliphatic heterocycles. The molecule has 0 unspecified atom stereocenters. The lowest BCUT2D eigenvalue weighted by Gasteiger charge is -2.01. The second-order valence-electron chi connectivity index (χ2n) is 2.47. The van der Waals surface area contributed by atoms with Gasteiger partial charge in [0.2, 0.25) is 0 Å². The minimum absolute atomic E-state index is 0.463. The van der Waals surface area contributed by atoms with Crippen molar-refractivity contribution >= 4 is 11.3 Å². The summed E-state index contributed by atoms with van der Waals surface area (Å²) in [6, 6.07) is 0. The molecule has 0 amide bonds. The first kappa shape index (κ1) is 8.28. The number of hydrogen-bond donors (Lipinski definition) is 1. The Bertz CT molecular complexity index is 385. The van der Waals surface area contributed by atoms with Gasteiger partial charge in [-0.1, -0.05) is 0 Å². The largest absolute Gasteiger partial charge is 0.326 e. The van der Waals surface area contributed by atoms with Crippen molar-refractivity contribution in [2.45, 2.75) is 6.54 Å². The lowest BCUT2D eigenvalue weighted by Crippen LogP contribution is -2.00. The van der Waals surface area contributed by atoms with Crippen LogP contribution in [0.3, 0.4) is 0 Å². The summed E-state index contributed by atoms with van der Waals surface area (Å²) >= 11 is 1.57. The normalized spacial score (nSPS) is 10.2. The van der Waals surface area contributed by atoms with Gasteiger partial charge >= 0.3 is 0 Å². The summed E-state index contributed by atoms with van der Waals surface area (Å²) in [5.41, 5.74) is 7.52. The van der Waals surface area contributed by atoms with Crippen molar-refractivity contribution in [3.63, 3.8) is 0 Å². The molecule has 0 spiro atoms. The van der Waals surface area contributed by atoms with E-state index < -0.39 is 0 Å². The third kappa shape index (κ3) is 1.56. The summed E-state index contributed by atoms with van der Waals surface area (Å²) in [6.07, 6.45) is 5.14. The van der Waals surface area contributed by atoms with Crippen molar-refractivity contribution in [3.8, 4) is 10.6 Å². The lowest BCUT2D eigenvalue weighted by atomic mass is 10.2. The first-order valence-corrected chi connectivity index (χ1v) is 4.69. The van der Waals surface area contributed by atoms with Gasteiger partial charge in [0.1, 0.15) is 5.01 Å². The molecule has 0 bridgehead atoms. The second kappa shape index (κ2) is 3.59. The monoisotopic (exact) mass is 192 g/mol. The minimum atomic E-state index is 0.463. The molecular formula is C8H8N4S. The zero-order valence-electron chi connectivity index (χ0n) is 6.84. The fourth-order valence-electron chi connectivity index (χ4n) is 1.06. The number of rotatable bonds is 2. The van der Waals surface area contributed by atoms with Crippen LogP contribution in [0.4, 0.5) is 0 Å². The van der Waals surface area contributed by atoms with Gasteiger partial charge in [0.05, 0.1) is 12.4 Å². The Balaban J connectivity index is 2.51. The summed E-state index contributed by atoms with van der Waals surface area (Å²) in [4.78, 5) is 4.19. The Morgan fingerprint density at radius 1 is 1.31 bits per heavy atom. The van der Waals surface area contributed by atoms with E-state index in [-0.39, 0.29) is 0 Å². The molecule has 4 nitrogen and oxygen atoms in total. The topological polar surface area (TPSA) is 64.7 Å². The Morgan fingerprint density at radius 2 is 2.15 bits per heavy atom. The van der Waals surface area contributed by atoms with Crippen molar-refractivity contribution in [1.82, 2.24) is 15.2 Å². The van der Waals surface area contributed by atoms with Gasteiger partial charge in [0.25, 0.3) is 0 Å². The maximum absolute atomic E-state index is 5.57. The predicted octanol–water partition coefficient (Wildman–Crippen LogP) is 1.06. The smallest absolute Gasteiger partial charge is 0.125 e. The van der Waals surface area contributed by atoms with E-state index in [9.17, 15) is 0 Å². The Hall–Kier alpha value is -1.33. The molecule has 2 aromatic rings. The van der Waals surface area contributed by atoms with Gasteiger partial charge < -0.3 is 5.73 Å². The molecule has 0 aliphatic rings. The van der Waals surface area contributed by atoms with E-state index in [4.69, 9.17) is 5.73 Å². The molecule has 2 rings (SSSR count). The van der Waals surface area contributed by atoms with E-state index in [1.54, 1.807) is 29.9 Å². The summed E-state index contributed by atoms with van der Waals surface area (Å²) in [5, 5.41) is 10.5. The molecule has 0 aromatic carbocycles. The molecule has 2 heterocycles. The van der Waals surface area contributed by atoms with Gasteiger partial charge in [-0.2, -0.15) is 10.2 Å². The highest BCUT2D eigenvalue weighted by molar-refractivity contribution is 7.13. The molecule has 5 heteroatoms. The third-order valence-corrected chi connectivity index (χ3v) is 2.50. The molecular weight excluding hydrogens is 184 g/mol. The highest BCUT2D eigenvalue weighted by Gasteiger charge is 2.05. The van der Waals surface area contributed by atoms with Crippen LogP contribution >= 0.6 is 11.3 Å². The Kier molecular flexibility index (Phi) is 2.29. The van der Waals surface area contributed by atoms with E-state index in [0.29, 0.717) is 6.54 Å². The van der Waals surface area contributed by atoms with Crippen LogP contribution in [0, 0.1) is 0 Å². The van der Waals surface area contributed by atoms with Gasteiger partial charge in [-0.25, -0.2) is 4.98 Å². The van der Waals surface area contributed by atoms with Crippen LogP contribution in [0.5, 0.6) is 0 Å². The lowest BCUT2D eigenvalue weighted by molar-refractivity contribution is 0.968. The van der Waals surface area contributed by atoms with E-state index in [0.717, 1.165) is 16.1 Å². The number of nitrogens with zero attached hydrogens (tertiary/aromatic N) is 3. The van der Waals surface area contributed by atoms with Gasteiger partial charge in [0, 0.05) is 23.7 Å². The molecule has 2 N–H and O–H groups in total. The number of thiazole rings is 1. The van der Waals surface area contributed by atoms with Crippen LogP contribution in [0.1, 0.15) is 5.56 Å². The minimum Gasteiger partial charge on any atom is -0.326 e. The maximum atomic E-state index is 5.57. The van der Waals surface area contributed by atoms with Crippen molar-refractivity contribution < 1.29 is 0 Å². The number of nitrogens with two attached hydrogens (primary N) is 1. The maximum Gasteiger partial charge on any atom is 0.125 e. The van der Waals surface area contributed by atoms with E-state index in [1.165, 1.54) is 0 Å². The highest BCUT2D eigenvalue weighted by Crippen LogP contribution is 2.23. The van der Waals surface area contributed by atoms with Crippen LogP contribution in [0.25, 0.3) is 10.6 Å². The molecule has 0 radical (unpaired) electrons. The summed E-state index contributed by atoms with van der Waals surface area (Å²) < 4.78 is 0. The average molecular weight is 192 g/mol. The quantitative estimate of drug-likeness (QED) is 0.772. The predicted molar refractivity (Wildman–Crippen MR) is 51.0 cm³/mol. The first-order valence-electron chi connectivity index (χ1n) is 3.81. The van der Waals surface area contributed by atoms with Crippen LogP contribution < -0.4 is 5.73 Å². The Morgan fingerprint density at radius 3 is 2.85 bits per heavy atom. The molecule has 0 saturated carbocycles. The SMILES string of the molecule is NCc1cnncc1-c1nccs1. The fraction of sp³-hybridized carbons (Fsp3) is 0.125.